The highest BCUT2D eigenvalue weighted by Crippen LogP contribution is 2.28. The summed E-state index contributed by atoms with van der Waals surface area (Å²) >= 11 is 0. The first-order valence-corrected chi connectivity index (χ1v) is 5.97. The Hall–Kier alpha value is -1.42. The van der Waals surface area contributed by atoms with E-state index < -0.39 is 5.60 Å². The molecule has 1 rings (SSSR count). The summed E-state index contributed by atoms with van der Waals surface area (Å²) in [6.45, 7) is 5.89. The lowest BCUT2D eigenvalue weighted by Crippen LogP contribution is -2.37. The number of aliphatic hydroxyl groups is 1. The van der Waals surface area contributed by atoms with Gasteiger partial charge >= 0.3 is 0 Å². The van der Waals surface area contributed by atoms with Gasteiger partial charge in [-0.2, -0.15) is 0 Å². The van der Waals surface area contributed by atoms with E-state index in [4.69, 9.17) is 14.2 Å². The number of ether oxygens (including phenoxy) is 3. The summed E-state index contributed by atoms with van der Waals surface area (Å²) in [6, 6.07) is 5.30. The van der Waals surface area contributed by atoms with E-state index in [1.807, 2.05) is 13.8 Å². The van der Waals surface area contributed by atoms with Gasteiger partial charge in [0.15, 0.2) is 0 Å². The van der Waals surface area contributed by atoms with Crippen molar-refractivity contribution in [2.24, 2.45) is 5.92 Å². The van der Waals surface area contributed by atoms with Crippen molar-refractivity contribution in [2.45, 2.75) is 26.4 Å². The quantitative estimate of drug-likeness (QED) is 0.847. The maximum atomic E-state index is 10.1. The zero-order valence-corrected chi connectivity index (χ0v) is 11.7. The molecule has 0 aromatic heterocycles. The van der Waals surface area contributed by atoms with E-state index in [1.165, 1.54) is 0 Å². The van der Waals surface area contributed by atoms with Gasteiger partial charge in [0.2, 0.25) is 0 Å². The van der Waals surface area contributed by atoms with Crippen LogP contribution < -0.4 is 14.2 Å². The molecule has 0 fully saturated rings. The van der Waals surface area contributed by atoms with Crippen molar-refractivity contribution < 1.29 is 19.3 Å². The van der Waals surface area contributed by atoms with Crippen LogP contribution in [0.4, 0.5) is 0 Å². The summed E-state index contributed by atoms with van der Waals surface area (Å²) < 4.78 is 15.9. The fourth-order valence-corrected chi connectivity index (χ4v) is 1.26. The highest BCUT2D eigenvalue weighted by molar-refractivity contribution is 5.42. The van der Waals surface area contributed by atoms with Gasteiger partial charge in [0.05, 0.1) is 19.8 Å². The molecule has 0 aliphatic rings. The summed E-state index contributed by atoms with van der Waals surface area (Å²) in [6.07, 6.45) is 0. The van der Waals surface area contributed by atoms with Crippen LogP contribution >= 0.6 is 0 Å². The molecule has 0 amide bonds. The maximum absolute atomic E-state index is 10.1. The van der Waals surface area contributed by atoms with Crippen LogP contribution in [0.3, 0.4) is 0 Å². The molecule has 0 radical (unpaired) electrons. The third-order valence-electron chi connectivity index (χ3n) is 3.10. The van der Waals surface area contributed by atoms with Crippen LogP contribution in [0.5, 0.6) is 17.2 Å². The second-order valence-corrected chi connectivity index (χ2v) is 4.85. The van der Waals surface area contributed by atoms with Crippen LogP contribution in [0.25, 0.3) is 0 Å². The molecule has 4 nitrogen and oxygen atoms in total. The Balaban J connectivity index is 2.78. The number of benzene rings is 1. The van der Waals surface area contributed by atoms with Crippen LogP contribution in [0.2, 0.25) is 0 Å². The molecule has 1 atom stereocenters. The molecule has 0 saturated heterocycles. The van der Waals surface area contributed by atoms with Crippen molar-refractivity contribution in [2.75, 3.05) is 20.8 Å². The normalized spacial score (nSPS) is 14.2. The lowest BCUT2D eigenvalue weighted by atomic mass is 9.94. The summed E-state index contributed by atoms with van der Waals surface area (Å²) in [7, 11) is 3.17. The zero-order valence-electron chi connectivity index (χ0n) is 11.7. The first kappa shape index (κ1) is 14.6. The summed E-state index contributed by atoms with van der Waals surface area (Å²) in [5, 5.41) is 10.1. The van der Waals surface area contributed by atoms with Gasteiger partial charge in [-0.15, -0.1) is 0 Å². The van der Waals surface area contributed by atoms with E-state index in [2.05, 4.69) is 0 Å². The number of hydrogen-bond donors (Lipinski definition) is 1. The highest BCUT2D eigenvalue weighted by Gasteiger charge is 2.25. The number of methoxy groups -OCH3 is 2. The van der Waals surface area contributed by atoms with Gasteiger partial charge in [-0.25, -0.2) is 0 Å². The SMILES string of the molecule is COc1cc(OC)cc(OCC(C)(O)C(C)C)c1. The molecule has 0 spiro atoms. The highest BCUT2D eigenvalue weighted by atomic mass is 16.5. The van der Waals surface area contributed by atoms with Crippen molar-refractivity contribution in [3.63, 3.8) is 0 Å². The Kier molecular flexibility index (Phi) is 4.84. The minimum absolute atomic E-state index is 0.116. The molecule has 0 bridgehead atoms. The second-order valence-electron chi connectivity index (χ2n) is 4.85. The third kappa shape index (κ3) is 3.81. The molecular weight excluding hydrogens is 232 g/mol. The van der Waals surface area contributed by atoms with Crippen LogP contribution in [-0.2, 0) is 0 Å². The molecule has 0 aliphatic carbocycles. The Morgan fingerprint density at radius 2 is 1.50 bits per heavy atom. The fourth-order valence-electron chi connectivity index (χ4n) is 1.26. The first-order valence-electron chi connectivity index (χ1n) is 5.97. The van der Waals surface area contributed by atoms with Crippen LogP contribution in [0.1, 0.15) is 20.8 Å². The van der Waals surface area contributed by atoms with Crippen LogP contribution in [-0.4, -0.2) is 31.5 Å². The molecule has 1 N–H and O–H groups in total. The van der Waals surface area contributed by atoms with E-state index in [0.29, 0.717) is 17.2 Å². The van der Waals surface area contributed by atoms with Crippen LogP contribution in [0.15, 0.2) is 18.2 Å². The van der Waals surface area contributed by atoms with Gasteiger partial charge in [0.25, 0.3) is 0 Å². The molecule has 102 valence electrons. The fraction of sp³-hybridized carbons (Fsp3) is 0.571. The summed E-state index contributed by atoms with van der Waals surface area (Å²) in [4.78, 5) is 0. The average molecular weight is 254 g/mol. The molecule has 1 aromatic carbocycles. The molecule has 18 heavy (non-hydrogen) atoms. The maximum Gasteiger partial charge on any atom is 0.126 e. The van der Waals surface area contributed by atoms with Gasteiger partial charge in [-0.05, 0) is 12.8 Å². The molecule has 0 saturated carbocycles. The van der Waals surface area contributed by atoms with Gasteiger partial charge in [-0.3, -0.25) is 0 Å². The summed E-state index contributed by atoms with van der Waals surface area (Å²) in [5.41, 5.74) is -0.865. The second kappa shape index (κ2) is 5.96. The molecular formula is C14H22O4. The Labute approximate surface area is 108 Å². The molecule has 1 unspecified atom stereocenters. The molecule has 0 heterocycles. The van der Waals surface area contributed by atoms with E-state index >= 15 is 0 Å². The molecule has 0 aliphatic heterocycles. The van der Waals surface area contributed by atoms with Gasteiger partial charge < -0.3 is 19.3 Å². The van der Waals surface area contributed by atoms with Crippen molar-refractivity contribution in [1.82, 2.24) is 0 Å². The number of hydrogen-bond acceptors (Lipinski definition) is 4. The smallest absolute Gasteiger partial charge is 0.126 e. The first-order chi connectivity index (χ1) is 8.39. The van der Waals surface area contributed by atoms with Crippen molar-refractivity contribution in [3.8, 4) is 17.2 Å². The van der Waals surface area contributed by atoms with E-state index in [-0.39, 0.29) is 12.5 Å². The Bertz CT molecular complexity index is 363. The lowest BCUT2D eigenvalue weighted by molar-refractivity contribution is -0.0267. The predicted molar refractivity (Wildman–Crippen MR) is 70.5 cm³/mol. The summed E-state index contributed by atoms with van der Waals surface area (Å²) in [5.74, 6) is 2.05. The Morgan fingerprint density at radius 1 is 1.06 bits per heavy atom. The molecule has 1 aromatic rings. The lowest BCUT2D eigenvalue weighted by Gasteiger charge is -2.27. The monoisotopic (exact) mass is 254 g/mol. The topological polar surface area (TPSA) is 47.9 Å². The van der Waals surface area contributed by atoms with E-state index in [1.54, 1.807) is 39.3 Å². The molecule has 4 heteroatoms. The van der Waals surface area contributed by atoms with E-state index in [9.17, 15) is 5.11 Å². The number of rotatable bonds is 6. The van der Waals surface area contributed by atoms with E-state index in [0.717, 1.165) is 0 Å². The third-order valence-corrected chi connectivity index (χ3v) is 3.10. The van der Waals surface area contributed by atoms with Gasteiger partial charge in [0, 0.05) is 18.2 Å². The van der Waals surface area contributed by atoms with Crippen molar-refractivity contribution in [1.29, 1.82) is 0 Å². The zero-order chi connectivity index (χ0) is 13.8. The predicted octanol–water partition coefficient (Wildman–Crippen LogP) is 2.49. The minimum atomic E-state index is -0.865. The van der Waals surface area contributed by atoms with Crippen molar-refractivity contribution >= 4 is 0 Å². The van der Waals surface area contributed by atoms with Gasteiger partial charge in [-0.1, -0.05) is 13.8 Å². The van der Waals surface area contributed by atoms with Gasteiger partial charge in [0.1, 0.15) is 23.9 Å². The largest absolute Gasteiger partial charge is 0.496 e. The average Bonchev–Trinajstić information content (AvgIpc) is 2.35. The van der Waals surface area contributed by atoms with Crippen molar-refractivity contribution in [3.05, 3.63) is 18.2 Å². The minimum Gasteiger partial charge on any atom is -0.496 e. The Morgan fingerprint density at radius 3 is 1.89 bits per heavy atom. The van der Waals surface area contributed by atoms with Crippen LogP contribution in [0, 0.1) is 5.92 Å². The standard InChI is InChI=1S/C14H22O4/c1-10(2)14(3,15)9-18-13-7-11(16-4)6-12(8-13)17-5/h6-8,10,15H,9H2,1-5H3.